The van der Waals surface area contributed by atoms with Gasteiger partial charge in [-0.15, -0.1) is 0 Å². The first-order valence-electron chi connectivity index (χ1n) is 7.82. The first-order valence-corrected chi connectivity index (χ1v) is 7.82. The van der Waals surface area contributed by atoms with Gasteiger partial charge in [-0.2, -0.15) is 0 Å². The van der Waals surface area contributed by atoms with Crippen molar-refractivity contribution in [1.82, 2.24) is 0 Å². The van der Waals surface area contributed by atoms with Gasteiger partial charge in [0.2, 0.25) is 0 Å². The highest BCUT2D eigenvalue weighted by Crippen LogP contribution is 2.15. The van der Waals surface area contributed by atoms with Gasteiger partial charge in [0.05, 0.1) is 12.7 Å². The predicted octanol–water partition coefficient (Wildman–Crippen LogP) is 3.69. The Bertz CT molecular complexity index is 329. The maximum absolute atomic E-state index is 10.0. The van der Waals surface area contributed by atoms with Crippen LogP contribution in [0.1, 0.15) is 39.5 Å². The fourth-order valence-electron chi connectivity index (χ4n) is 2.34. The zero-order chi connectivity index (χ0) is 14.6. The molecule has 3 nitrogen and oxygen atoms in total. The summed E-state index contributed by atoms with van der Waals surface area (Å²) in [5.74, 6) is 0.377. The molecular weight excluding hydrogens is 250 g/mol. The van der Waals surface area contributed by atoms with E-state index in [0.29, 0.717) is 19.1 Å². The number of hydrogen-bond acceptors (Lipinski definition) is 3. The van der Waals surface area contributed by atoms with E-state index in [1.54, 1.807) is 0 Å². The third-order valence-electron chi connectivity index (χ3n) is 3.58. The average Bonchev–Trinajstić information content (AvgIpc) is 2.49. The molecule has 0 fully saturated rings. The molecule has 2 atom stereocenters. The topological polar surface area (TPSA) is 41.5 Å². The van der Waals surface area contributed by atoms with Gasteiger partial charge in [0.1, 0.15) is 0 Å². The van der Waals surface area contributed by atoms with Gasteiger partial charge in [-0.1, -0.05) is 44.9 Å². The number of aliphatic hydroxyl groups is 1. The van der Waals surface area contributed by atoms with Crippen molar-refractivity contribution in [3.63, 3.8) is 0 Å². The first kappa shape index (κ1) is 17.0. The van der Waals surface area contributed by atoms with E-state index in [1.165, 1.54) is 0 Å². The highest BCUT2D eigenvalue weighted by atomic mass is 16.5. The van der Waals surface area contributed by atoms with Crippen LogP contribution < -0.4 is 5.32 Å². The lowest BCUT2D eigenvalue weighted by molar-refractivity contribution is 0.00127. The van der Waals surface area contributed by atoms with E-state index in [4.69, 9.17) is 4.74 Å². The molecule has 0 saturated heterocycles. The minimum Gasteiger partial charge on any atom is -0.390 e. The van der Waals surface area contributed by atoms with Crippen LogP contribution in [0.15, 0.2) is 30.3 Å². The average molecular weight is 279 g/mol. The molecule has 114 valence electrons. The zero-order valence-electron chi connectivity index (χ0n) is 12.8. The molecule has 20 heavy (non-hydrogen) atoms. The number of aliphatic hydroxyl groups excluding tert-OH is 1. The summed E-state index contributed by atoms with van der Waals surface area (Å²) in [5.41, 5.74) is 1.14. The third-order valence-corrected chi connectivity index (χ3v) is 3.58. The largest absolute Gasteiger partial charge is 0.390 e. The summed E-state index contributed by atoms with van der Waals surface area (Å²) in [6.07, 6.45) is 3.86. The van der Waals surface area contributed by atoms with Crippen molar-refractivity contribution in [1.29, 1.82) is 0 Å². The number of ether oxygens (including phenoxy) is 1. The van der Waals surface area contributed by atoms with E-state index in [-0.39, 0.29) is 6.10 Å². The van der Waals surface area contributed by atoms with Gasteiger partial charge in [-0.05, 0) is 30.9 Å². The minimum atomic E-state index is -0.318. The smallest absolute Gasteiger partial charge is 0.0801 e. The fourth-order valence-corrected chi connectivity index (χ4v) is 2.34. The Morgan fingerprint density at radius 2 is 1.95 bits per heavy atom. The van der Waals surface area contributed by atoms with Crippen LogP contribution in [0.3, 0.4) is 0 Å². The van der Waals surface area contributed by atoms with Gasteiger partial charge in [0.15, 0.2) is 0 Å². The monoisotopic (exact) mass is 279 g/mol. The van der Waals surface area contributed by atoms with Gasteiger partial charge in [-0.3, -0.25) is 0 Å². The second-order valence-corrected chi connectivity index (χ2v) is 5.25. The second-order valence-electron chi connectivity index (χ2n) is 5.25. The van der Waals surface area contributed by atoms with Crippen molar-refractivity contribution >= 4 is 5.69 Å². The van der Waals surface area contributed by atoms with Gasteiger partial charge in [0, 0.05) is 18.8 Å². The van der Waals surface area contributed by atoms with E-state index < -0.39 is 0 Å². The van der Waals surface area contributed by atoms with Crippen LogP contribution in [0, 0.1) is 5.92 Å². The summed E-state index contributed by atoms with van der Waals surface area (Å²) >= 11 is 0. The second kappa shape index (κ2) is 10.7. The molecule has 1 aromatic carbocycles. The molecule has 0 aliphatic heterocycles. The number of benzene rings is 1. The van der Waals surface area contributed by atoms with Crippen LogP contribution >= 0.6 is 0 Å². The molecule has 0 bridgehead atoms. The van der Waals surface area contributed by atoms with Gasteiger partial charge < -0.3 is 15.2 Å². The third kappa shape index (κ3) is 6.92. The Morgan fingerprint density at radius 3 is 2.60 bits per heavy atom. The van der Waals surface area contributed by atoms with Crippen molar-refractivity contribution in [2.75, 3.05) is 25.1 Å². The van der Waals surface area contributed by atoms with Crippen LogP contribution in [0.2, 0.25) is 0 Å². The Labute approximate surface area is 123 Å². The molecule has 0 aliphatic rings. The van der Waals surface area contributed by atoms with Gasteiger partial charge in [-0.25, -0.2) is 0 Å². The number of anilines is 1. The van der Waals surface area contributed by atoms with E-state index in [0.717, 1.165) is 37.9 Å². The van der Waals surface area contributed by atoms with Crippen LogP contribution in [0.5, 0.6) is 0 Å². The molecule has 1 aromatic rings. The Kier molecular flexibility index (Phi) is 9.09. The molecule has 0 heterocycles. The molecule has 0 saturated carbocycles. The maximum atomic E-state index is 10.0. The van der Waals surface area contributed by atoms with E-state index in [2.05, 4.69) is 31.3 Å². The number of rotatable bonds is 11. The SMILES string of the molecule is CCCC(CC)C(O)COCCCNc1ccccc1. The molecule has 1 rings (SSSR count). The first-order chi connectivity index (χ1) is 9.77. The molecule has 0 spiro atoms. The molecule has 3 heteroatoms. The lowest BCUT2D eigenvalue weighted by Gasteiger charge is -2.21. The summed E-state index contributed by atoms with van der Waals surface area (Å²) in [6, 6.07) is 10.2. The number of para-hydroxylation sites is 1. The standard InChI is InChI=1S/C17H29NO2/c1-3-9-15(4-2)17(19)14-20-13-8-12-18-16-10-6-5-7-11-16/h5-7,10-11,15,17-19H,3-4,8-9,12-14H2,1-2H3. The minimum absolute atomic E-state index is 0.318. The molecule has 0 aliphatic carbocycles. The molecular formula is C17H29NO2. The normalized spacial score (nSPS) is 13.9. The molecule has 0 radical (unpaired) electrons. The van der Waals surface area contributed by atoms with E-state index in [9.17, 15) is 5.11 Å². The van der Waals surface area contributed by atoms with Crippen LogP contribution in [0.25, 0.3) is 0 Å². The van der Waals surface area contributed by atoms with Crippen molar-refractivity contribution in [3.05, 3.63) is 30.3 Å². The molecule has 2 unspecified atom stereocenters. The summed E-state index contributed by atoms with van der Waals surface area (Å²) in [5, 5.41) is 13.4. The summed E-state index contributed by atoms with van der Waals surface area (Å²) in [4.78, 5) is 0. The number of nitrogens with one attached hydrogen (secondary N) is 1. The quantitative estimate of drug-likeness (QED) is 0.607. The fraction of sp³-hybridized carbons (Fsp3) is 0.647. The van der Waals surface area contributed by atoms with Crippen LogP contribution in [-0.2, 0) is 4.74 Å². The summed E-state index contributed by atoms with van der Waals surface area (Å²) < 4.78 is 5.57. The Hall–Kier alpha value is -1.06. The zero-order valence-corrected chi connectivity index (χ0v) is 12.8. The summed E-state index contributed by atoms with van der Waals surface area (Å²) in [7, 11) is 0. The van der Waals surface area contributed by atoms with Crippen LogP contribution in [0.4, 0.5) is 5.69 Å². The highest BCUT2D eigenvalue weighted by molar-refractivity contribution is 5.42. The lowest BCUT2D eigenvalue weighted by atomic mass is 9.95. The van der Waals surface area contributed by atoms with E-state index in [1.807, 2.05) is 18.2 Å². The van der Waals surface area contributed by atoms with Crippen molar-refractivity contribution < 1.29 is 9.84 Å². The lowest BCUT2D eigenvalue weighted by Crippen LogP contribution is -2.25. The predicted molar refractivity (Wildman–Crippen MR) is 85.1 cm³/mol. The van der Waals surface area contributed by atoms with Gasteiger partial charge in [0.25, 0.3) is 0 Å². The Morgan fingerprint density at radius 1 is 1.20 bits per heavy atom. The highest BCUT2D eigenvalue weighted by Gasteiger charge is 2.16. The number of hydrogen-bond donors (Lipinski definition) is 2. The van der Waals surface area contributed by atoms with Crippen LogP contribution in [-0.4, -0.2) is 31.0 Å². The summed E-state index contributed by atoms with van der Waals surface area (Å²) in [6.45, 7) is 6.34. The van der Waals surface area contributed by atoms with Crippen molar-refractivity contribution in [2.24, 2.45) is 5.92 Å². The maximum Gasteiger partial charge on any atom is 0.0801 e. The van der Waals surface area contributed by atoms with Crippen molar-refractivity contribution in [3.8, 4) is 0 Å². The molecule has 0 amide bonds. The molecule has 0 aromatic heterocycles. The molecule has 2 N–H and O–H groups in total. The Balaban J connectivity index is 2.04. The van der Waals surface area contributed by atoms with Gasteiger partial charge >= 0.3 is 0 Å². The van der Waals surface area contributed by atoms with E-state index >= 15 is 0 Å². The van der Waals surface area contributed by atoms with Crippen molar-refractivity contribution in [2.45, 2.75) is 45.6 Å².